The Morgan fingerprint density at radius 1 is 2.00 bits per heavy atom. The normalized spacial score (nSPS) is 19.7. The molecule has 0 aliphatic rings. The first kappa shape index (κ1) is 6.21. The monoisotopic (exact) mass is 108 g/mol. The van der Waals surface area contributed by atoms with Crippen LogP contribution in [0.3, 0.4) is 0 Å². The first-order valence-corrected chi connectivity index (χ1v) is 3.45. The second-order valence-corrected chi connectivity index (χ2v) is 2.96. The highest BCUT2D eigenvalue weighted by Crippen LogP contribution is 2.33. The summed E-state index contributed by atoms with van der Waals surface area (Å²) in [5.41, 5.74) is 0. The zero-order valence-electron chi connectivity index (χ0n) is 3.71. The molecule has 0 fully saturated rings. The van der Waals surface area contributed by atoms with Gasteiger partial charge >= 0.3 is 7.60 Å². The third-order valence-electron chi connectivity index (χ3n) is 0.339. The summed E-state index contributed by atoms with van der Waals surface area (Å²) >= 11 is 0. The Balaban J connectivity index is 3.48. The minimum absolute atomic E-state index is 1.13. The van der Waals surface area contributed by atoms with Gasteiger partial charge in [-0.2, -0.15) is 0 Å². The van der Waals surface area contributed by atoms with Crippen molar-refractivity contribution < 1.29 is 13.9 Å². The molecule has 0 amide bonds. The third-order valence-corrected chi connectivity index (χ3v) is 1.02. The average molecular weight is 108 g/mol. The van der Waals surface area contributed by atoms with E-state index in [9.17, 15) is 4.57 Å². The van der Waals surface area contributed by atoms with Crippen LogP contribution in [0.15, 0.2) is 0 Å². The molecule has 0 saturated carbocycles. The van der Waals surface area contributed by atoms with E-state index in [0.717, 1.165) is 6.66 Å². The standard InChI is InChI=1S/CH6BO3P/c1-6(3,4)5-2/h2H2,1H3,(H,3,4). The van der Waals surface area contributed by atoms with E-state index in [1.165, 1.54) is 8.05 Å². The molecule has 0 aromatic carbocycles. The van der Waals surface area contributed by atoms with Gasteiger partial charge in [0, 0.05) is 6.66 Å². The van der Waals surface area contributed by atoms with Crippen LogP contribution < -0.4 is 0 Å². The molecule has 0 rings (SSSR count). The third kappa shape index (κ3) is 4.21. The van der Waals surface area contributed by atoms with Gasteiger partial charge < -0.3 is 9.33 Å². The Hall–Kier alpha value is 0.215. The fourth-order valence-electron chi connectivity index (χ4n) is 0. The summed E-state index contributed by atoms with van der Waals surface area (Å²) < 4.78 is 14.0. The molecule has 0 heterocycles. The van der Waals surface area contributed by atoms with Crippen LogP contribution in [0.2, 0.25) is 0 Å². The predicted molar refractivity (Wildman–Crippen MR) is 25.4 cm³/mol. The summed E-state index contributed by atoms with van der Waals surface area (Å²) in [4.78, 5) is 8.16. The molecule has 0 radical (unpaired) electrons. The van der Waals surface area contributed by atoms with Crippen LogP contribution in [0.4, 0.5) is 0 Å². The topological polar surface area (TPSA) is 46.5 Å². The molecule has 3 nitrogen and oxygen atoms in total. The van der Waals surface area contributed by atoms with E-state index in [2.05, 4.69) is 4.44 Å². The lowest BCUT2D eigenvalue weighted by atomic mass is 10.6. The van der Waals surface area contributed by atoms with Gasteiger partial charge in [-0.15, -0.1) is 0 Å². The summed E-state index contributed by atoms with van der Waals surface area (Å²) in [6, 6.07) is 0. The molecule has 0 aromatic rings. The van der Waals surface area contributed by atoms with E-state index in [-0.39, 0.29) is 0 Å². The van der Waals surface area contributed by atoms with E-state index < -0.39 is 7.60 Å². The number of hydrogen-bond donors (Lipinski definition) is 1. The summed E-state index contributed by atoms with van der Waals surface area (Å²) in [6.45, 7) is 1.13. The van der Waals surface area contributed by atoms with Crippen LogP contribution in [0.5, 0.6) is 0 Å². The molecule has 0 aliphatic heterocycles. The minimum Gasteiger partial charge on any atom is -0.380 e. The van der Waals surface area contributed by atoms with Crippen molar-refractivity contribution in [3.63, 3.8) is 0 Å². The summed E-state index contributed by atoms with van der Waals surface area (Å²) in [5.74, 6) is 0. The van der Waals surface area contributed by atoms with Gasteiger partial charge in [0.05, 0.1) is 0 Å². The van der Waals surface area contributed by atoms with Gasteiger partial charge in [0.15, 0.2) is 0 Å². The fourth-order valence-corrected chi connectivity index (χ4v) is 0. The predicted octanol–water partition coefficient (Wildman–Crippen LogP) is -0.634. The van der Waals surface area contributed by atoms with Gasteiger partial charge in [0.1, 0.15) is 0 Å². The second-order valence-electron chi connectivity index (χ2n) is 0.986. The highest BCUT2D eigenvalue weighted by molar-refractivity contribution is 7.52. The highest BCUT2D eigenvalue weighted by Gasteiger charge is 2.02. The molecule has 36 valence electrons. The van der Waals surface area contributed by atoms with Crippen molar-refractivity contribution in [1.29, 1.82) is 0 Å². The van der Waals surface area contributed by atoms with Gasteiger partial charge in [-0.3, -0.25) is 4.57 Å². The van der Waals surface area contributed by atoms with Crippen LogP contribution in [-0.2, 0) is 9.01 Å². The molecule has 0 saturated heterocycles. The highest BCUT2D eigenvalue weighted by atomic mass is 31.2. The quantitative estimate of drug-likeness (QED) is 0.359. The van der Waals surface area contributed by atoms with Crippen molar-refractivity contribution in [2.24, 2.45) is 0 Å². The first-order valence-electron chi connectivity index (χ1n) is 1.42. The lowest BCUT2D eigenvalue weighted by Crippen LogP contribution is -1.77. The maximum Gasteiger partial charge on any atom is 0.310 e. The Morgan fingerprint density at radius 3 is 2.17 bits per heavy atom. The van der Waals surface area contributed by atoms with Crippen molar-refractivity contribution in [1.82, 2.24) is 0 Å². The fraction of sp³-hybridized carbons (Fsp3) is 1.00. The lowest BCUT2D eigenvalue weighted by molar-refractivity contribution is 0.401. The smallest absolute Gasteiger partial charge is 0.310 e. The molecule has 0 aliphatic carbocycles. The lowest BCUT2D eigenvalue weighted by Gasteiger charge is -1.97. The Labute approximate surface area is 37.3 Å². The maximum atomic E-state index is 9.92. The van der Waals surface area contributed by atoms with Crippen molar-refractivity contribution in [2.75, 3.05) is 6.66 Å². The summed E-state index contributed by atoms with van der Waals surface area (Å²) in [6.07, 6.45) is 0. The van der Waals surface area contributed by atoms with Crippen LogP contribution in [-0.4, -0.2) is 19.6 Å². The molecular formula is CH6BO3P. The molecule has 6 heavy (non-hydrogen) atoms. The molecule has 1 atom stereocenters. The SMILES string of the molecule is BOP(C)(=O)O. The molecule has 1 N–H and O–H groups in total. The van der Waals surface area contributed by atoms with E-state index in [1.54, 1.807) is 0 Å². The van der Waals surface area contributed by atoms with Crippen LogP contribution >= 0.6 is 7.60 Å². The Morgan fingerprint density at radius 2 is 2.17 bits per heavy atom. The maximum absolute atomic E-state index is 9.92. The zero-order chi connectivity index (χ0) is 5.21. The Bertz CT molecular complexity index is 74.9. The molecule has 0 spiro atoms. The number of hydrogen-bond acceptors (Lipinski definition) is 2. The molecule has 0 aromatic heterocycles. The van der Waals surface area contributed by atoms with E-state index >= 15 is 0 Å². The van der Waals surface area contributed by atoms with Gasteiger partial charge in [-0.1, -0.05) is 0 Å². The van der Waals surface area contributed by atoms with Crippen molar-refractivity contribution >= 4 is 15.6 Å². The minimum atomic E-state index is -3.15. The average Bonchev–Trinajstić information content (AvgIpc) is 1.35. The molecule has 1 unspecified atom stereocenters. The zero-order valence-corrected chi connectivity index (χ0v) is 4.61. The Kier molecular flexibility index (Phi) is 1.84. The van der Waals surface area contributed by atoms with Crippen LogP contribution in [0.25, 0.3) is 0 Å². The van der Waals surface area contributed by atoms with Crippen molar-refractivity contribution in [2.45, 2.75) is 0 Å². The van der Waals surface area contributed by atoms with E-state index in [1.807, 2.05) is 0 Å². The van der Waals surface area contributed by atoms with Crippen molar-refractivity contribution in [3.05, 3.63) is 0 Å². The first-order chi connectivity index (χ1) is 2.56. The molecular weight excluding hydrogens is 102 g/mol. The second kappa shape index (κ2) is 1.78. The molecule has 0 bridgehead atoms. The van der Waals surface area contributed by atoms with Gasteiger partial charge in [0.25, 0.3) is 8.05 Å². The largest absolute Gasteiger partial charge is 0.380 e. The summed E-state index contributed by atoms with van der Waals surface area (Å²) in [7, 11) is -1.95. The van der Waals surface area contributed by atoms with E-state index in [0.29, 0.717) is 0 Å². The molecule has 5 heteroatoms. The van der Waals surface area contributed by atoms with Crippen LogP contribution in [0.1, 0.15) is 0 Å². The summed E-state index contributed by atoms with van der Waals surface area (Å²) in [5, 5.41) is 0. The van der Waals surface area contributed by atoms with Gasteiger partial charge in [0.2, 0.25) is 0 Å². The van der Waals surface area contributed by atoms with Crippen molar-refractivity contribution in [3.8, 4) is 0 Å². The van der Waals surface area contributed by atoms with Crippen LogP contribution in [0, 0.1) is 0 Å². The van der Waals surface area contributed by atoms with Gasteiger partial charge in [-0.25, -0.2) is 0 Å². The van der Waals surface area contributed by atoms with Gasteiger partial charge in [-0.05, 0) is 0 Å². The van der Waals surface area contributed by atoms with E-state index in [4.69, 9.17) is 4.89 Å². The number of rotatable bonds is 1.